The van der Waals surface area contributed by atoms with E-state index in [1.165, 1.54) is 24.3 Å². The Morgan fingerprint density at radius 3 is 2.74 bits per heavy atom. The highest BCUT2D eigenvalue weighted by Gasteiger charge is 2.29. The van der Waals surface area contributed by atoms with Gasteiger partial charge in [-0.25, -0.2) is 10.9 Å². The standard InChI is InChI=1S/C10H7N3O4S2/c11-12-9(15)8(19-10(12)18)4-5-1-2-7(14)6(3-5)13(16)17/h1-4,14H,11H2/b8-4-. The van der Waals surface area contributed by atoms with Gasteiger partial charge in [-0.1, -0.05) is 30.0 Å². The number of nitro groups is 1. The zero-order chi connectivity index (χ0) is 14.2. The molecule has 3 N–H and O–H groups in total. The Balaban J connectivity index is 2.39. The summed E-state index contributed by atoms with van der Waals surface area (Å²) in [5.41, 5.74) is -0.0320. The number of nitro benzene ring substituents is 1. The lowest BCUT2D eigenvalue weighted by molar-refractivity contribution is -0.385. The molecule has 98 valence electrons. The van der Waals surface area contributed by atoms with Gasteiger partial charge in [-0.15, -0.1) is 0 Å². The van der Waals surface area contributed by atoms with Crippen LogP contribution in [0.3, 0.4) is 0 Å². The van der Waals surface area contributed by atoms with Crippen molar-refractivity contribution in [3.63, 3.8) is 0 Å². The number of hydrazine groups is 1. The van der Waals surface area contributed by atoms with E-state index < -0.39 is 22.3 Å². The van der Waals surface area contributed by atoms with E-state index in [1.54, 1.807) is 0 Å². The molecule has 1 saturated heterocycles. The third-order valence-electron chi connectivity index (χ3n) is 2.32. The fourth-order valence-corrected chi connectivity index (χ4v) is 2.51. The quantitative estimate of drug-likeness (QED) is 0.212. The monoisotopic (exact) mass is 297 g/mol. The molecule has 0 saturated carbocycles. The zero-order valence-electron chi connectivity index (χ0n) is 9.27. The van der Waals surface area contributed by atoms with Gasteiger partial charge in [0.2, 0.25) is 0 Å². The number of phenolic OH excluding ortho intramolecular Hbond substituents is 1. The Bertz CT molecular complexity index is 629. The molecule has 0 spiro atoms. The third kappa shape index (κ3) is 2.57. The van der Waals surface area contributed by atoms with Crippen LogP contribution < -0.4 is 5.84 Å². The van der Waals surface area contributed by atoms with Gasteiger partial charge in [-0.2, -0.15) is 0 Å². The number of hydrogen-bond acceptors (Lipinski definition) is 7. The molecule has 1 aliphatic rings. The molecule has 0 unspecified atom stereocenters. The molecule has 1 heterocycles. The molecule has 1 aromatic carbocycles. The van der Waals surface area contributed by atoms with E-state index in [9.17, 15) is 20.0 Å². The van der Waals surface area contributed by atoms with E-state index in [1.807, 2.05) is 0 Å². The number of carbonyl (C=O) groups excluding carboxylic acids is 1. The first-order valence-electron chi connectivity index (χ1n) is 4.90. The van der Waals surface area contributed by atoms with Crippen molar-refractivity contribution in [1.82, 2.24) is 5.01 Å². The molecule has 7 nitrogen and oxygen atoms in total. The van der Waals surface area contributed by atoms with Crippen LogP contribution in [-0.4, -0.2) is 25.3 Å². The molecule has 0 radical (unpaired) electrons. The molecule has 19 heavy (non-hydrogen) atoms. The number of rotatable bonds is 2. The first-order chi connectivity index (χ1) is 8.90. The van der Waals surface area contributed by atoms with Gasteiger partial charge in [0, 0.05) is 6.07 Å². The predicted octanol–water partition coefficient (Wildman–Crippen LogP) is 1.38. The topological polar surface area (TPSA) is 110 Å². The molecule has 0 bridgehead atoms. The Morgan fingerprint density at radius 1 is 1.53 bits per heavy atom. The van der Waals surface area contributed by atoms with Crippen LogP contribution in [0.1, 0.15) is 5.56 Å². The number of thioether (sulfide) groups is 1. The van der Waals surface area contributed by atoms with Gasteiger partial charge in [-0.05, 0) is 17.7 Å². The van der Waals surface area contributed by atoms with Gasteiger partial charge >= 0.3 is 5.69 Å². The zero-order valence-corrected chi connectivity index (χ0v) is 10.9. The summed E-state index contributed by atoms with van der Waals surface area (Å²) in [4.78, 5) is 21.9. The van der Waals surface area contributed by atoms with E-state index in [0.717, 1.165) is 16.8 Å². The van der Waals surface area contributed by atoms with Crippen molar-refractivity contribution in [2.24, 2.45) is 5.84 Å². The Hall–Kier alpha value is -1.97. The number of phenols is 1. The molecule has 2 rings (SSSR count). The average molecular weight is 297 g/mol. The first-order valence-corrected chi connectivity index (χ1v) is 6.12. The molecule has 0 aromatic heterocycles. The first kappa shape index (κ1) is 13.5. The fourth-order valence-electron chi connectivity index (χ4n) is 1.41. The average Bonchev–Trinajstić information content (AvgIpc) is 2.59. The molecule has 9 heteroatoms. The van der Waals surface area contributed by atoms with Crippen LogP contribution in [0.4, 0.5) is 5.69 Å². The molecular weight excluding hydrogens is 290 g/mol. The summed E-state index contributed by atoms with van der Waals surface area (Å²) >= 11 is 5.86. The summed E-state index contributed by atoms with van der Waals surface area (Å²) in [6.07, 6.45) is 1.43. The minimum atomic E-state index is -0.708. The lowest BCUT2D eigenvalue weighted by atomic mass is 10.1. The smallest absolute Gasteiger partial charge is 0.311 e. The normalized spacial score (nSPS) is 17.3. The number of nitrogens with zero attached hydrogens (tertiary/aromatic N) is 2. The highest BCUT2D eigenvalue weighted by Crippen LogP contribution is 2.32. The van der Waals surface area contributed by atoms with E-state index >= 15 is 0 Å². The van der Waals surface area contributed by atoms with Crippen LogP contribution in [0.5, 0.6) is 5.75 Å². The van der Waals surface area contributed by atoms with E-state index in [0.29, 0.717) is 5.56 Å². The summed E-state index contributed by atoms with van der Waals surface area (Å²) in [7, 11) is 0. The predicted molar refractivity (Wildman–Crippen MR) is 74.0 cm³/mol. The Labute approximate surface area is 116 Å². The second-order valence-electron chi connectivity index (χ2n) is 3.56. The van der Waals surface area contributed by atoms with Crippen LogP contribution in [0, 0.1) is 10.1 Å². The van der Waals surface area contributed by atoms with Crippen LogP contribution in [0.25, 0.3) is 6.08 Å². The summed E-state index contributed by atoms with van der Waals surface area (Å²) < 4.78 is 0.213. The van der Waals surface area contributed by atoms with E-state index in [2.05, 4.69) is 0 Å². The van der Waals surface area contributed by atoms with Gasteiger partial charge in [0.05, 0.1) is 9.83 Å². The van der Waals surface area contributed by atoms with Crippen molar-refractivity contribution in [3.8, 4) is 5.75 Å². The highest BCUT2D eigenvalue weighted by atomic mass is 32.2. The van der Waals surface area contributed by atoms with Gasteiger partial charge in [0.15, 0.2) is 10.1 Å². The number of thiocarbonyl (C=S) groups is 1. The molecule has 1 aliphatic heterocycles. The maximum atomic E-state index is 11.6. The van der Waals surface area contributed by atoms with Gasteiger partial charge in [0.25, 0.3) is 5.91 Å². The lowest BCUT2D eigenvalue weighted by Gasteiger charge is -2.03. The van der Waals surface area contributed by atoms with Crippen molar-refractivity contribution in [2.75, 3.05) is 0 Å². The van der Waals surface area contributed by atoms with Crippen molar-refractivity contribution >= 4 is 46.0 Å². The highest BCUT2D eigenvalue weighted by molar-refractivity contribution is 8.26. The minimum Gasteiger partial charge on any atom is -0.502 e. The van der Waals surface area contributed by atoms with Crippen molar-refractivity contribution < 1.29 is 14.8 Å². The van der Waals surface area contributed by atoms with Gasteiger partial charge in [0.1, 0.15) is 0 Å². The fraction of sp³-hybridized carbons (Fsp3) is 0. The molecule has 1 aromatic rings. The summed E-state index contributed by atoms with van der Waals surface area (Å²) in [6, 6.07) is 3.80. The van der Waals surface area contributed by atoms with Crippen LogP contribution >= 0.6 is 24.0 Å². The maximum absolute atomic E-state index is 11.6. The third-order valence-corrected chi connectivity index (χ3v) is 3.65. The summed E-state index contributed by atoms with van der Waals surface area (Å²) in [5, 5.41) is 20.8. The lowest BCUT2D eigenvalue weighted by Crippen LogP contribution is -2.34. The second-order valence-corrected chi connectivity index (χ2v) is 5.23. The van der Waals surface area contributed by atoms with E-state index in [4.69, 9.17) is 18.1 Å². The Morgan fingerprint density at radius 2 is 2.21 bits per heavy atom. The largest absolute Gasteiger partial charge is 0.502 e. The maximum Gasteiger partial charge on any atom is 0.311 e. The number of amides is 1. The van der Waals surface area contributed by atoms with Crippen LogP contribution in [-0.2, 0) is 4.79 Å². The molecular formula is C10H7N3O4S2. The summed E-state index contributed by atoms with van der Waals surface area (Å²) in [5.74, 6) is 4.50. The molecule has 1 fully saturated rings. The molecule has 0 atom stereocenters. The van der Waals surface area contributed by atoms with Crippen molar-refractivity contribution in [1.29, 1.82) is 0 Å². The number of hydrogen-bond donors (Lipinski definition) is 2. The molecule has 1 amide bonds. The van der Waals surface area contributed by atoms with E-state index in [-0.39, 0.29) is 9.23 Å². The summed E-state index contributed by atoms with van der Waals surface area (Å²) in [6.45, 7) is 0. The van der Waals surface area contributed by atoms with Crippen LogP contribution in [0.2, 0.25) is 0 Å². The van der Waals surface area contributed by atoms with Crippen molar-refractivity contribution in [3.05, 3.63) is 38.8 Å². The van der Waals surface area contributed by atoms with Gasteiger partial charge < -0.3 is 5.11 Å². The van der Waals surface area contributed by atoms with Gasteiger partial charge in [-0.3, -0.25) is 14.9 Å². The number of aromatic hydroxyl groups is 1. The second kappa shape index (κ2) is 4.96. The molecule has 0 aliphatic carbocycles. The Kier molecular flexibility index (Phi) is 3.51. The SMILES string of the molecule is NN1C(=O)/C(=C/c2ccc(O)c([N+](=O)[O-])c2)SC1=S. The minimum absolute atomic E-state index is 0.213. The van der Waals surface area contributed by atoms with Crippen LogP contribution in [0.15, 0.2) is 23.1 Å². The number of benzene rings is 1. The van der Waals surface area contributed by atoms with Crippen molar-refractivity contribution in [2.45, 2.75) is 0 Å². The number of carbonyl (C=O) groups is 1. The number of nitrogens with two attached hydrogens (primary N) is 1.